The Kier molecular flexibility index (Phi) is 7.80. The van der Waals surface area contributed by atoms with E-state index in [0.717, 1.165) is 75.4 Å². The Morgan fingerprint density at radius 3 is 1.32 bits per heavy atom. The molecule has 0 radical (unpaired) electrons. The van der Waals surface area contributed by atoms with Crippen molar-refractivity contribution in [1.29, 1.82) is 0 Å². The zero-order valence-electron chi connectivity index (χ0n) is 24.5. The molecule has 1 aliphatic rings. The lowest BCUT2D eigenvalue weighted by atomic mass is 9.62. The first-order valence-electron chi connectivity index (χ1n) is 14.5. The molecule has 0 bridgehead atoms. The van der Waals surface area contributed by atoms with Crippen molar-refractivity contribution in [2.75, 3.05) is 11.5 Å². The second-order valence-electron chi connectivity index (χ2n) is 11.6. The second kappa shape index (κ2) is 11.3. The highest BCUT2D eigenvalue weighted by Crippen LogP contribution is 2.49. The van der Waals surface area contributed by atoms with Gasteiger partial charge >= 0.3 is 0 Å². The Bertz CT molecular complexity index is 1410. The highest BCUT2D eigenvalue weighted by atomic mass is 16.5. The molecule has 5 rings (SSSR count). The number of hydrogen-bond acceptors (Lipinski definition) is 4. The molecule has 4 aromatic rings. The smallest absolute Gasteiger partial charge is 0.130 e. The molecule has 0 amide bonds. The normalized spacial score (nSPS) is 15.1. The Balaban J connectivity index is 1.48. The Morgan fingerprint density at radius 1 is 0.600 bits per heavy atom. The Hall–Kier alpha value is -3.92. The van der Waals surface area contributed by atoms with Crippen molar-refractivity contribution in [2.45, 2.75) is 72.1 Å². The van der Waals surface area contributed by atoms with Gasteiger partial charge in [0.1, 0.15) is 23.0 Å². The van der Waals surface area contributed by atoms with E-state index in [-0.39, 0.29) is 5.41 Å². The topological polar surface area (TPSA) is 70.5 Å². The van der Waals surface area contributed by atoms with Crippen molar-refractivity contribution in [3.63, 3.8) is 0 Å². The van der Waals surface area contributed by atoms with Gasteiger partial charge in [-0.2, -0.15) is 0 Å². The summed E-state index contributed by atoms with van der Waals surface area (Å²) >= 11 is 0. The summed E-state index contributed by atoms with van der Waals surface area (Å²) in [5.74, 6) is 4.24. The summed E-state index contributed by atoms with van der Waals surface area (Å²) in [5.41, 5.74) is 20.4. The predicted molar refractivity (Wildman–Crippen MR) is 167 cm³/mol. The average molecular weight is 535 g/mol. The maximum Gasteiger partial charge on any atom is 0.130 e. The first-order valence-corrected chi connectivity index (χ1v) is 14.5. The maximum atomic E-state index is 6.34. The lowest BCUT2D eigenvalue weighted by Crippen LogP contribution is -2.33. The highest BCUT2D eigenvalue weighted by molar-refractivity contribution is 5.53. The molecule has 4 N–H and O–H groups in total. The van der Waals surface area contributed by atoms with Crippen LogP contribution in [0.1, 0.15) is 72.4 Å². The van der Waals surface area contributed by atoms with Gasteiger partial charge in [0.2, 0.25) is 0 Å². The number of nitrogens with two attached hydrogens (primary N) is 2. The molecule has 1 aliphatic carbocycles. The number of ether oxygens (including phenoxy) is 2. The van der Waals surface area contributed by atoms with E-state index in [2.05, 4.69) is 57.2 Å². The summed E-state index contributed by atoms with van der Waals surface area (Å²) in [7, 11) is 0. The minimum atomic E-state index is -0.0352. The quantitative estimate of drug-likeness (QED) is 0.232. The van der Waals surface area contributed by atoms with Crippen LogP contribution in [0.5, 0.6) is 23.0 Å². The fraction of sp³-hybridized carbons (Fsp3) is 0.333. The van der Waals surface area contributed by atoms with Crippen molar-refractivity contribution in [3.05, 3.63) is 106 Å². The molecule has 1 fully saturated rings. The summed E-state index contributed by atoms with van der Waals surface area (Å²) < 4.78 is 12.7. The molecule has 4 nitrogen and oxygen atoms in total. The molecule has 0 spiro atoms. The molecule has 1 saturated carbocycles. The molecular weight excluding hydrogens is 492 g/mol. The number of anilines is 2. The molecule has 0 saturated heterocycles. The Morgan fingerprint density at radius 2 is 0.975 bits per heavy atom. The molecule has 4 heteroatoms. The third kappa shape index (κ3) is 5.54. The van der Waals surface area contributed by atoms with Gasteiger partial charge in [0.15, 0.2) is 0 Å². The van der Waals surface area contributed by atoms with Crippen LogP contribution in [-0.4, -0.2) is 0 Å². The van der Waals surface area contributed by atoms with Crippen LogP contribution in [-0.2, 0) is 5.41 Å². The summed E-state index contributed by atoms with van der Waals surface area (Å²) in [6.07, 6.45) is 5.99. The van der Waals surface area contributed by atoms with Crippen LogP contribution in [0.4, 0.5) is 11.4 Å². The van der Waals surface area contributed by atoms with Crippen LogP contribution >= 0.6 is 0 Å². The van der Waals surface area contributed by atoms with Gasteiger partial charge in [-0.25, -0.2) is 0 Å². The molecule has 0 heterocycles. The second-order valence-corrected chi connectivity index (χ2v) is 11.6. The van der Waals surface area contributed by atoms with Gasteiger partial charge in [-0.05, 0) is 141 Å². The zero-order chi connectivity index (χ0) is 28.4. The highest BCUT2D eigenvalue weighted by Gasteiger charge is 2.38. The van der Waals surface area contributed by atoms with E-state index in [1.54, 1.807) is 0 Å². The van der Waals surface area contributed by atoms with Crippen LogP contribution in [0.3, 0.4) is 0 Å². The van der Waals surface area contributed by atoms with Crippen LogP contribution in [0.2, 0.25) is 0 Å². The average Bonchev–Trinajstić information content (AvgIpc) is 2.93. The fourth-order valence-corrected chi connectivity index (χ4v) is 6.26. The van der Waals surface area contributed by atoms with Gasteiger partial charge in [0.25, 0.3) is 0 Å². The van der Waals surface area contributed by atoms with Gasteiger partial charge in [-0.15, -0.1) is 0 Å². The van der Waals surface area contributed by atoms with Crippen LogP contribution in [0, 0.1) is 33.6 Å². The molecule has 208 valence electrons. The molecule has 0 aliphatic heterocycles. The van der Waals surface area contributed by atoms with E-state index < -0.39 is 0 Å². The van der Waals surface area contributed by atoms with Gasteiger partial charge in [-0.3, -0.25) is 0 Å². The van der Waals surface area contributed by atoms with Crippen LogP contribution in [0.25, 0.3) is 0 Å². The number of benzene rings is 4. The fourth-order valence-electron chi connectivity index (χ4n) is 6.26. The van der Waals surface area contributed by atoms with E-state index in [4.69, 9.17) is 20.9 Å². The molecule has 0 aromatic heterocycles. The number of hydrogen-bond donors (Lipinski definition) is 2. The molecular formula is C36H42N2O2. The van der Waals surface area contributed by atoms with Gasteiger partial charge in [-0.1, -0.05) is 37.6 Å². The number of nitrogen functional groups attached to an aromatic ring is 2. The zero-order valence-corrected chi connectivity index (χ0v) is 24.5. The Labute approximate surface area is 239 Å². The van der Waals surface area contributed by atoms with Crippen molar-refractivity contribution in [1.82, 2.24) is 0 Å². The van der Waals surface area contributed by atoms with Gasteiger partial charge in [0, 0.05) is 16.8 Å². The standard InChI is InChI=1S/C36H42N2O2/c1-6-27-15-17-36(18-16-27,28-7-11-32(23(2)19-28)39-34-13-9-30(37)21-25(34)4)29-8-12-33(24(3)20-29)40-35-14-10-31(38)22-26(35)5/h7-14,19-22,27H,6,15-18,37-38H2,1-5H3. The van der Waals surface area contributed by atoms with Crippen LogP contribution < -0.4 is 20.9 Å². The number of rotatable bonds is 7. The van der Waals surface area contributed by atoms with Crippen molar-refractivity contribution in [3.8, 4) is 23.0 Å². The first kappa shape index (κ1) is 27.6. The van der Waals surface area contributed by atoms with Crippen molar-refractivity contribution < 1.29 is 9.47 Å². The van der Waals surface area contributed by atoms with E-state index in [0.29, 0.717) is 0 Å². The monoisotopic (exact) mass is 534 g/mol. The molecule has 40 heavy (non-hydrogen) atoms. The molecule has 4 aromatic carbocycles. The van der Waals surface area contributed by atoms with Gasteiger partial charge in [0.05, 0.1) is 0 Å². The van der Waals surface area contributed by atoms with E-state index in [1.165, 1.54) is 30.4 Å². The third-order valence-electron chi connectivity index (χ3n) is 8.83. The van der Waals surface area contributed by atoms with E-state index >= 15 is 0 Å². The largest absolute Gasteiger partial charge is 0.457 e. The lowest BCUT2D eigenvalue weighted by molar-refractivity contribution is 0.260. The van der Waals surface area contributed by atoms with Crippen LogP contribution in [0.15, 0.2) is 72.8 Å². The predicted octanol–water partition coefficient (Wildman–Crippen LogP) is 9.56. The minimum absolute atomic E-state index is 0.0352. The first-order chi connectivity index (χ1) is 19.2. The minimum Gasteiger partial charge on any atom is -0.457 e. The van der Waals surface area contributed by atoms with E-state index in [1.807, 2.05) is 50.2 Å². The molecule has 0 unspecified atom stereocenters. The third-order valence-corrected chi connectivity index (χ3v) is 8.83. The molecule has 0 atom stereocenters. The van der Waals surface area contributed by atoms with E-state index in [9.17, 15) is 0 Å². The summed E-state index contributed by atoms with van der Waals surface area (Å²) in [5, 5.41) is 0. The van der Waals surface area contributed by atoms with Crippen molar-refractivity contribution >= 4 is 11.4 Å². The summed E-state index contributed by atoms with van der Waals surface area (Å²) in [6, 6.07) is 25.1. The van der Waals surface area contributed by atoms with Crippen molar-refractivity contribution in [2.24, 2.45) is 5.92 Å². The summed E-state index contributed by atoms with van der Waals surface area (Å²) in [4.78, 5) is 0. The maximum absolute atomic E-state index is 6.34. The SMILES string of the molecule is CCC1CCC(c2ccc(Oc3ccc(N)cc3C)c(C)c2)(c2ccc(Oc3ccc(N)cc3C)c(C)c2)CC1. The summed E-state index contributed by atoms with van der Waals surface area (Å²) in [6.45, 7) is 10.7. The van der Waals surface area contributed by atoms with Gasteiger partial charge < -0.3 is 20.9 Å². The number of aryl methyl sites for hydroxylation is 4. The lowest BCUT2D eigenvalue weighted by Gasteiger charge is -2.42.